The van der Waals surface area contributed by atoms with E-state index in [4.69, 9.17) is 9.47 Å². The van der Waals surface area contributed by atoms with Gasteiger partial charge in [-0.1, -0.05) is 18.2 Å². The Balaban J connectivity index is 1.66. The third kappa shape index (κ3) is 2.61. The van der Waals surface area contributed by atoms with Crippen LogP contribution >= 0.6 is 0 Å². The minimum Gasteiger partial charge on any atom is -0.496 e. The number of para-hydroxylation sites is 1. The summed E-state index contributed by atoms with van der Waals surface area (Å²) in [6.07, 6.45) is 0.684. The van der Waals surface area contributed by atoms with E-state index in [2.05, 4.69) is 0 Å². The second kappa shape index (κ2) is 5.51. The van der Waals surface area contributed by atoms with Crippen LogP contribution in [0.5, 0.6) is 5.75 Å². The van der Waals surface area contributed by atoms with Crippen LogP contribution in [0.2, 0.25) is 0 Å². The molecule has 1 aromatic rings. The predicted molar refractivity (Wildman–Crippen MR) is 79.7 cm³/mol. The molecule has 0 bridgehead atoms. The summed E-state index contributed by atoms with van der Waals surface area (Å²) in [4.78, 5) is 27.4. The van der Waals surface area contributed by atoms with Crippen LogP contribution in [0.3, 0.4) is 0 Å². The Hall–Kier alpha value is -2.24. The van der Waals surface area contributed by atoms with E-state index in [-0.39, 0.29) is 12.0 Å². The van der Waals surface area contributed by atoms with Gasteiger partial charge in [0.1, 0.15) is 5.75 Å². The maximum absolute atomic E-state index is 12.5. The van der Waals surface area contributed by atoms with Gasteiger partial charge in [-0.25, -0.2) is 4.79 Å². The Morgan fingerprint density at radius 1 is 1.36 bits per heavy atom. The van der Waals surface area contributed by atoms with Gasteiger partial charge >= 0.3 is 6.09 Å². The minimum absolute atomic E-state index is 0.0342. The molecule has 6 nitrogen and oxygen atoms in total. The van der Waals surface area contributed by atoms with Gasteiger partial charge in [0.05, 0.1) is 26.6 Å². The molecule has 6 heteroatoms. The van der Waals surface area contributed by atoms with Gasteiger partial charge < -0.3 is 19.3 Å². The molecule has 1 atom stereocenters. The second-order valence-electron chi connectivity index (χ2n) is 5.96. The molecule has 118 valence electrons. The molecular formula is C16H20N2O4. The minimum atomic E-state index is -0.526. The number of nitrogens with zero attached hydrogens (tertiary/aromatic N) is 2. The van der Waals surface area contributed by atoms with Crippen LogP contribution in [0.4, 0.5) is 4.79 Å². The molecule has 0 aromatic heterocycles. The Labute approximate surface area is 129 Å². The van der Waals surface area contributed by atoms with Crippen molar-refractivity contribution in [2.75, 3.05) is 33.8 Å². The van der Waals surface area contributed by atoms with Crippen molar-refractivity contribution in [2.24, 2.45) is 0 Å². The number of likely N-dealkylation sites (tertiary alicyclic amines) is 1. The van der Waals surface area contributed by atoms with Crippen LogP contribution in [0, 0.1) is 0 Å². The lowest BCUT2D eigenvalue weighted by atomic mass is 10.0. The van der Waals surface area contributed by atoms with Crippen molar-refractivity contribution in [2.45, 2.75) is 18.4 Å². The molecule has 0 aliphatic carbocycles. The summed E-state index contributed by atoms with van der Waals surface area (Å²) in [5, 5.41) is 0. The highest BCUT2D eigenvalue weighted by Gasteiger charge is 2.49. The summed E-state index contributed by atoms with van der Waals surface area (Å²) in [6.45, 7) is 1.64. The molecule has 2 saturated heterocycles. The Morgan fingerprint density at radius 3 is 2.82 bits per heavy atom. The van der Waals surface area contributed by atoms with Gasteiger partial charge in [0, 0.05) is 25.6 Å². The van der Waals surface area contributed by atoms with Crippen molar-refractivity contribution < 1.29 is 19.1 Å². The number of rotatable bonds is 3. The van der Waals surface area contributed by atoms with Crippen molar-refractivity contribution in [1.82, 2.24) is 9.80 Å². The number of hydrogen-bond donors (Lipinski definition) is 0. The number of hydrogen-bond acceptors (Lipinski definition) is 4. The molecule has 2 heterocycles. The fraction of sp³-hybridized carbons (Fsp3) is 0.500. The van der Waals surface area contributed by atoms with Crippen molar-refractivity contribution in [3.63, 3.8) is 0 Å². The summed E-state index contributed by atoms with van der Waals surface area (Å²) in [7, 11) is 3.32. The van der Waals surface area contributed by atoms with Crippen LogP contribution in [-0.4, -0.2) is 61.2 Å². The molecule has 1 unspecified atom stereocenters. The topological polar surface area (TPSA) is 59.1 Å². The van der Waals surface area contributed by atoms with Crippen LogP contribution < -0.4 is 4.74 Å². The largest absolute Gasteiger partial charge is 0.496 e. The molecule has 22 heavy (non-hydrogen) atoms. The SMILES string of the molecule is COc1ccccc1CC(=O)N1CCC2(CN(C)C(=O)O2)C1. The monoisotopic (exact) mass is 304 g/mol. The third-order valence-corrected chi connectivity index (χ3v) is 4.34. The van der Waals surface area contributed by atoms with E-state index < -0.39 is 5.60 Å². The lowest BCUT2D eigenvalue weighted by molar-refractivity contribution is -0.130. The van der Waals surface area contributed by atoms with Gasteiger partial charge in [-0.2, -0.15) is 0 Å². The van der Waals surface area contributed by atoms with Gasteiger partial charge in [0.25, 0.3) is 0 Å². The van der Waals surface area contributed by atoms with Gasteiger partial charge in [0.2, 0.25) is 5.91 Å². The number of methoxy groups -OCH3 is 1. The molecule has 0 radical (unpaired) electrons. The maximum Gasteiger partial charge on any atom is 0.410 e. The lowest BCUT2D eigenvalue weighted by Crippen LogP contribution is -2.39. The van der Waals surface area contributed by atoms with Crippen molar-refractivity contribution >= 4 is 12.0 Å². The molecule has 0 saturated carbocycles. The van der Waals surface area contributed by atoms with Crippen LogP contribution in [0.1, 0.15) is 12.0 Å². The molecule has 1 spiro atoms. The quantitative estimate of drug-likeness (QED) is 0.844. The highest BCUT2D eigenvalue weighted by Crippen LogP contribution is 2.32. The smallest absolute Gasteiger partial charge is 0.410 e. The molecule has 2 fully saturated rings. The summed E-state index contributed by atoms with van der Waals surface area (Å²) < 4.78 is 10.7. The second-order valence-corrected chi connectivity index (χ2v) is 5.96. The van der Waals surface area contributed by atoms with E-state index in [1.807, 2.05) is 24.3 Å². The molecule has 1 aromatic carbocycles. The number of ether oxygens (including phenoxy) is 2. The first-order valence-corrected chi connectivity index (χ1v) is 7.37. The molecule has 2 aliphatic rings. The van der Waals surface area contributed by atoms with E-state index in [1.54, 1.807) is 24.0 Å². The van der Waals surface area contributed by atoms with Gasteiger partial charge in [-0.15, -0.1) is 0 Å². The van der Waals surface area contributed by atoms with E-state index >= 15 is 0 Å². The van der Waals surface area contributed by atoms with E-state index in [0.29, 0.717) is 32.5 Å². The van der Waals surface area contributed by atoms with Crippen molar-refractivity contribution in [3.8, 4) is 5.75 Å². The first kappa shape index (κ1) is 14.7. The standard InChI is InChI=1S/C16H20N2O4/c1-17-10-16(22-15(17)20)7-8-18(11-16)14(19)9-12-5-3-4-6-13(12)21-2/h3-6H,7-11H2,1-2H3. The van der Waals surface area contributed by atoms with Crippen LogP contribution in [0.15, 0.2) is 24.3 Å². The number of carbonyl (C=O) groups is 2. The van der Waals surface area contributed by atoms with Gasteiger partial charge in [-0.3, -0.25) is 4.79 Å². The van der Waals surface area contributed by atoms with E-state index in [9.17, 15) is 9.59 Å². The summed E-state index contributed by atoms with van der Waals surface area (Å²) in [5.41, 5.74) is 0.346. The number of benzene rings is 1. The zero-order valence-electron chi connectivity index (χ0n) is 12.9. The fourth-order valence-electron chi connectivity index (χ4n) is 3.19. The first-order chi connectivity index (χ1) is 10.5. The van der Waals surface area contributed by atoms with E-state index in [1.165, 1.54) is 0 Å². The highest BCUT2D eigenvalue weighted by molar-refractivity contribution is 5.80. The lowest BCUT2D eigenvalue weighted by Gasteiger charge is -2.22. The van der Waals surface area contributed by atoms with E-state index in [0.717, 1.165) is 11.3 Å². The number of likely N-dealkylation sites (N-methyl/N-ethyl adjacent to an activating group) is 1. The van der Waals surface area contributed by atoms with Crippen LogP contribution in [0.25, 0.3) is 0 Å². The van der Waals surface area contributed by atoms with Crippen molar-refractivity contribution in [3.05, 3.63) is 29.8 Å². The number of carbonyl (C=O) groups excluding carboxylic acids is 2. The average molecular weight is 304 g/mol. The van der Waals surface area contributed by atoms with Crippen molar-refractivity contribution in [1.29, 1.82) is 0 Å². The Bertz CT molecular complexity index is 604. The van der Waals surface area contributed by atoms with Crippen LogP contribution in [-0.2, 0) is 16.0 Å². The fourth-order valence-corrected chi connectivity index (χ4v) is 3.19. The maximum atomic E-state index is 12.5. The zero-order chi connectivity index (χ0) is 15.7. The first-order valence-electron chi connectivity index (χ1n) is 7.37. The van der Waals surface area contributed by atoms with Gasteiger partial charge in [-0.05, 0) is 6.07 Å². The molecule has 3 rings (SSSR count). The Morgan fingerprint density at radius 2 is 2.14 bits per heavy atom. The summed E-state index contributed by atoms with van der Waals surface area (Å²) in [6, 6.07) is 7.52. The summed E-state index contributed by atoms with van der Waals surface area (Å²) >= 11 is 0. The third-order valence-electron chi connectivity index (χ3n) is 4.34. The highest BCUT2D eigenvalue weighted by atomic mass is 16.6. The molecule has 2 amide bonds. The van der Waals surface area contributed by atoms with Gasteiger partial charge in [0.15, 0.2) is 5.60 Å². The predicted octanol–water partition coefficient (Wildman–Crippen LogP) is 1.29. The molecular weight excluding hydrogens is 284 g/mol. The Kier molecular flexibility index (Phi) is 3.68. The molecule has 2 aliphatic heterocycles. The zero-order valence-corrected chi connectivity index (χ0v) is 12.9. The summed E-state index contributed by atoms with van der Waals surface area (Å²) in [5.74, 6) is 0.753. The average Bonchev–Trinajstić information content (AvgIpc) is 3.03. The number of amides is 2. The normalized spacial score (nSPS) is 24.0. The molecule has 0 N–H and O–H groups in total.